The Kier molecular flexibility index (Phi) is 28.8. The van der Waals surface area contributed by atoms with E-state index in [1.807, 2.05) is 60.5 Å². The monoisotopic (exact) mass is 463 g/mol. The summed E-state index contributed by atoms with van der Waals surface area (Å²) in [6, 6.07) is 0.898. The third-order valence-corrected chi connectivity index (χ3v) is 4.99. The molecule has 0 bridgehead atoms. The molecular weight excluding hydrogens is 402 g/mol. The predicted molar refractivity (Wildman–Crippen MR) is 142 cm³/mol. The Morgan fingerprint density at radius 1 is 0.719 bits per heavy atom. The van der Waals surface area contributed by atoms with Crippen LogP contribution in [-0.4, -0.2) is 108 Å². The van der Waals surface area contributed by atoms with Crippen molar-refractivity contribution < 1.29 is 14.2 Å². The van der Waals surface area contributed by atoms with Crippen LogP contribution in [0.2, 0.25) is 0 Å². The van der Waals surface area contributed by atoms with Crippen LogP contribution in [0.3, 0.4) is 0 Å². The molecule has 1 saturated heterocycles. The number of hydrogen-bond donors (Lipinski definition) is 0. The van der Waals surface area contributed by atoms with Gasteiger partial charge >= 0.3 is 0 Å². The molecule has 198 valence electrons. The van der Waals surface area contributed by atoms with Gasteiger partial charge in [0.1, 0.15) is 0 Å². The molecule has 1 aliphatic carbocycles. The summed E-state index contributed by atoms with van der Waals surface area (Å²) >= 11 is 0. The van der Waals surface area contributed by atoms with E-state index in [0.717, 1.165) is 12.8 Å². The van der Waals surface area contributed by atoms with Crippen LogP contribution in [0.25, 0.3) is 0 Å². The van der Waals surface area contributed by atoms with Crippen molar-refractivity contribution in [1.29, 1.82) is 0 Å². The fraction of sp³-hybridized carbons (Fsp3) is 1.00. The summed E-state index contributed by atoms with van der Waals surface area (Å²) in [5.41, 5.74) is 0. The summed E-state index contributed by atoms with van der Waals surface area (Å²) < 4.78 is 14.7. The standard InChI is InChI=1S/C7H15N.C6H15NO.C5H11N.2C4H10O/c1-8(2)7-5-3-4-6-7;1-6(2)8-5-7(3)4;1-6-4-2-3-5-6;2*1-4(2)5-3/h7H,3-6H2,1-2H3;6H,5H2,1-4H3;2-5H2,1H3;2*4H,1-3H3. The average Bonchev–Trinajstić information content (AvgIpc) is 3.42. The van der Waals surface area contributed by atoms with E-state index >= 15 is 0 Å². The molecule has 0 radical (unpaired) electrons. The zero-order valence-corrected chi connectivity index (χ0v) is 24.2. The highest BCUT2D eigenvalue weighted by Crippen LogP contribution is 2.20. The van der Waals surface area contributed by atoms with Gasteiger partial charge in [0, 0.05) is 20.3 Å². The van der Waals surface area contributed by atoms with E-state index < -0.39 is 0 Å². The first-order valence-electron chi connectivity index (χ1n) is 12.5. The second-order valence-electron chi connectivity index (χ2n) is 9.91. The zero-order valence-electron chi connectivity index (χ0n) is 24.2. The van der Waals surface area contributed by atoms with Crippen molar-refractivity contribution in [3.05, 3.63) is 0 Å². The summed E-state index contributed by atoms with van der Waals surface area (Å²) in [6.07, 6.45) is 9.68. The van der Waals surface area contributed by atoms with Crippen molar-refractivity contribution in [1.82, 2.24) is 14.7 Å². The van der Waals surface area contributed by atoms with Crippen molar-refractivity contribution in [3.63, 3.8) is 0 Å². The van der Waals surface area contributed by atoms with Gasteiger partial charge in [0.05, 0.1) is 25.0 Å². The van der Waals surface area contributed by atoms with Gasteiger partial charge in [0.2, 0.25) is 0 Å². The second-order valence-corrected chi connectivity index (χ2v) is 9.91. The maximum atomic E-state index is 5.23. The van der Waals surface area contributed by atoms with E-state index in [9.17, 15) is 0 Å². The summed E-state index contributed by atoms with van der Waals surface area (Å²) in [5, 5.41) is 0. The molecule has 0 unspecified atom stereocenters. The van der Waals surface area contributed by atoms with Gasteiger partial charge in [-0.15, -0.1) is 0 Å². The van der Waals surface area contributed by atoms with E-state index in [-0.39, 0.29) is 0 Å². The molecule has 0 aromatic rings. The lowest BCUT2D eigenvalue weighted by Gasteiger charge is -2.17. The Balaban J connectivity index is -0.000000334. The predicted octanol–water partition coefficient (Wildman–Crippen LogP) is 5.22. The molecule has 1 aliphatic heterocycles. The van der Waals surface area contributed by atoms with Crippen molar-refractivity contribution in [2.24, 2.45) is 0 Å². The van der Waals surface area contributed by atoms with Crippen molar-refractivity contribution in [2.45, 2.75) is 104 Å². The van der Waals surface area contributed by atoms with Crippen LogP contribution >= 0.6 is 0 Å². The maximum Gasteiger partial charge on any atom is 0.0988 e. The highest BCUT2D eigenvalue weighted by molar-refractivity contribution is 4.72. The summed E-state index contributed by atoms with van der Waals surface area (Å²) in [4.78, 5) is 6.70. The fourth-order valence-electron chi connectivity index (χ4n) is 2.59. The van der Waals surface area contributed by atoms with Crippen LogP contribution in [0.1, 0.15) is 80.1 Å². The quantitative estimate of drug-likeness (QED) is 0.503. The maximum absolute atomic E-state index is 5.23. The highest BCUT2D eigenvalue weighted by Gasteiger charge is 2.15. The summed E-state index contributed by atoms with van der Waals surface area (Å²) in [7, 11) is 13.9. The first kappa shape index (κ1) is 36.3. The van der Waals surface area contributed by atoms with Crippen LogP contribution in [0.4, 0.5) is 0 Å². The lowest BCUT2D eigenvalue weighted by Crippen LogP contribution is -2.23. The van der Waals surface area contributed by atoms with Crippen LogP contribution in [0, 0.1) is 0 Å². The third-order valence-electron chi connectivity index (χ3n) is 4.99. The van der Waals surface area contributed by atoms with Gasteiger partial charge in [-0.2, -0.15) is 0 Å². The molecule has 6 nitrogen and oxygen atoms in total. The largest absolute Gasteiger partial charge is 0.382 e. The number of nitrogens with zero attached hydrogens (tertiary/aromatic N) is 3. The summed E-state index contributed by atoms with van der Waals surface area (Å²) in [5.74, 6) is 0. The number of hydrogen-bond acceptors (Lipinski definition) is 6. The Morgan fingerprint density at radius 2 is 1.09 bits per heavy atom. The van der Waals surface area contributed by atoms with Crippen LogP contribution < -0.4 is 0 Å². The topological polar surface area (TPSA) is 37.4 Å². The molecule has 0 aromatic carbocycles. The molecule has 0 spiro atoms. The average molecular weight is 464 g/mol. The van der Waals surface area contributed by atoms with Gasteiger partial charge in [-0.05, 0) is 116 Å². The lowest BCUT2D eigenvalue weighted by molar-refractivity contribution is 0.0152. The molecule has 0 amide bonds. The molecule has 0 N–H and O–H groups in total. The molecule has 0 atom stereocenters. The minimum absolute atomic E-state index is 0.345. The smallest absolute Gasteiger partial charge is 0.0988 e. The van der Waals surface area contributed by atoms with Crippen molar-refractivity contribution >= 4 is 0 Å². The Hall–Kier alpha value is -0.240. The van der Waals surface area contributed by atoms with Crippen LogP contribution in [-0.2, 0) is 14.2 Å². The number of rotatable bonds is 6. The second kappa shape index (κ2) is 25.4. The molecule has 32 heavy (non-hydrogen) atoms. The Bertz CT molecular complexity index is 323. The van der Waals surface area contributed by atoms with E-state index in [1.165, 1.54) is 51.6 Å². The van der Waals surface area contributed by atoms with Gasteiger partial charge in [-0.25, -0.2) is 0 Å². The number of ether oxygens (including phenoxy) is 3. The number of methoxy groups -OCH3 is 2. The van der Waals surface area contributed by atoms with Gasteiger partial charge in [0.15, 0.2) is 0 Å². The van der Waals surface area contributed by atoms with E-state index in [4.69, 9.17) is 14.2 Å². The van der Waals surface area contributed by atoms with Crippen LogP contribution in [0.15, 0.2) is 0 Å². The van der Waals surface area contributed by atoms with Gasteiger partial charge in [0.25, 0.3) is 0 Å². The normalized spacial score (nSPS) is 16.3. The van der Waals surface area contributed by atoms with Crippen molar-refractivity contribution in [2.75, 3.05) is 69.3 Å². The van der Waals surface area contributed by atoms with E-state index in [2.05, 4.69) is 30.9 Å². The first-order chi connectivity index (χ1) is 14.9. The van der Waals surface area contributed by atoms with Gasteiger partial charge in [-0.1, -0.05) is 12.8 Å². The number of likely N-dealkylation sites (tertiary alicyclic amines) is 1. The highest BCUT2D eigenvalue weighted by atomic mass is 16.5. The first-order valence-corrected chi connectivity index (χ1v) is 12.5. The lowest BCUT2D eigenvalue weighted by atomic mass is 10.2. The van der Waals surface area contributed by atoms with E-state index in [1.54, 1.807) is 14.2 Å². The molecule has 2 rings (SSSR count). The van der Waals surface area contributed by atoms with Crippen LogP contribution in [0.5, 0.6) is 0 Å². The summed E-state index contributed by atoms with van der Waals surface area (Å²) in [6.45, 7) is 15.4. The molecule has 2 aliphatic rings. The van der Waals surface area contributed by atoms with Crippen molar-refractivity contribution in [3.8, 4) is 0 Å². The SMILES string of the molecule is CC(C)OCN(C)C.CN(C)C1CCCC1.CN1CCCC1.COC(C)C.COC(C)C. The molecule has 2 fully saturated rings. The Labute approximate surface area is 202 Å². The van der Waals surface area contributed by atoms with Gasteiger partial charge in [-0.3, -0.25) is 4.90 Å². The molecular formula is C26H61N3O3. The zero-order chi connectivity index (χ0) is 25.5. The minimum Gasteiger partial charge on any atom is -0.382 e. The molecule has 1 saturated carbocycles. The van der Waals surface area contributed by atoms with Gasteiger partial charge < -0.3 is 24.0 Å². The fourth-order valence-corrected chi connectivity index (χ4v) is 2.59. The minimum atomic E-state index is 0.345. The molecule has 6 heteroatoms. The Morgan fingerprint density at radius 3 is 1.22 bits per heavy atom. The third kappa shape index (κ3) is 34.4. The van der Waals surface area contributed by atoms with E-state index in [0.29, 0.717) is 18.3 Å². The molecule has 1 heterocycles. The molecule has 0 aromatic heterocycles.